The second kappa shape index (κ2) is 12.2. The molecule has 2 amide bonds. The van der Waals surface area contributed by atoms with E-state index in [1.54, 1.807) is 48.5 Å². The number of urea groups is 1. The Balaban J connectivity index is 1.43. The minimum atomic E-state index is -4.64. The number of hydrogen-bond acceptors (Lipinski definition) is 5. The third-order valence-corrected chi connectivity index (χ3v) is 5.77. The Bertz CT molecular complexity index is 1390. The number of anilines is 2. The molecule has 0 unspecified atom stereocenters. The molecule has 8 nitrogen and oxygen atoms in total. The fourth-order valence-corrected chi connectivity index (χ4v) is 3.89. The van der Waals surface area contributed by atoms with Crippen LogP contribution in [0.1, 0.15) is 5.56 Å². The Hall–Kier alpha value is -3.80. The van der Waals surface area contributed by atoms with Crippen molar-refractivity contribution in [3.8, 4) is 11.1 Å². The monoisotopic (exact) mass is 548 g/mol. The lowest BCUT2D eigenvalue weighted by molar-refractivity contribution is -0.137. The molecule has 0 radical (unpaired) electrons. The van der Waals surface area contributed by atoms with Crippen LogP contribution in [0.3, 0.4) is 0 Å². The van der Waals surface area contributed by atoms with Gasteiger partial charge in [-0.05, 0) is 42.0 Å². The van der Waals surface area contributed by atoms with Crippen molar-refractivity contribution in [1.29, 1.82) is 0 Å². The molecule has 200 valence electrons. The van der Waals surface area contributed by atoms with Crippen LogP contribution in [0.25, 0.3) is 22.0 Å². The summed E-state index contributed by atoms with van der Waals surface area (Å²) < 4.78 is 51.3. The van der Waals surface area contributed by atoms with Crippen molar-refractivity contribution >= 4 is 39.9 Å². The number of hydrogen-bond donors (Lipinski definition) is 2. The first kappa shape index (κ1) is 27.2. The first-order valence-corrected chi connectivity index (χ1v) is 11.8. The number of fused-ring (bicyclic) bond motifs is 1. The first-order valence-electron chi connectivity index (χ1n) is 11.5. The van der Waals surface area contributed by atoms with Crippen molar-refractivity contribution in [2.24, 2.45) is 0 Å². The van der Waals surface area contributed by atoms with E-state index in [9.17, 15) is 18.0 Å². The third kappa shape index (κ3) is 6.74. The molecule has 2 aromatic heterocycles. The van der Waals surface area contributed by atoms with Gasteiger partial charge in [-0.15, -0.1) is 0 Å². The highest BCUT2D eigenvalue weighted by Crippen LogP contribution is 2.36. The fourth-order valence-electron chi connectivity index (χ4n) is 3.67. The van der Waals surface area contributed by atoms with Crippen LogP contribution in [0, 0.1) is 0 Å². The highest BCUT2D eigenvalue weighted by molar-refractivity contribution is 6.31. The molecule has 4 aromatic rings. The van der Waals surface area contributed by atoms with Crippen LogP contribution in [0.5, 0.6) is 0 Å². The number of carbonyl (C=O) groups is 1. The number of halogens is 4. The molecule has 0 fully saturated rings. The number of amides is 2. The summed E-state index contributed by atoms with van der Waals surface area (Å²) in [5, 5.41) is 5.41. The van der Waals surface area contributed by atoms with Crippen molar-refractivity contribution in [3.05, 3.63) is 77.7 Å². The molecule has 0 bridgehead atoms. The maximum absolute atomic E-state index is 13.1. The van der Waals surface area contributed by atoms with Gasteiger partial charge in [0, 0.05) is 41.8 Å². The summed E-state index contributed by atoms with van der Waals surface area (Å²) in [7, 11) is 1.61. The van der Waals surface area contributed by atoms with Crippen LogP contribution < -0.4 is 15.5 Å². The normalized spacial score (nSPS) is 11.5. The van der Waals surface area contributed by atoms with E-state index in [1.807, 2.05) is 12.3 Å². The summed E-state index contributed by atoms with van der Waals surface area (Å²) in [5.41, 5.74) is 1.92. The molecular formula is C26H24ClF3N4O4. The van der Waals surface area contributed by atoms with Gasteiger partial charge in [0.2, 0.25) is 0 Å². The van der Waals surface area contributed by atoms with E-state index in [0.717, 1.165) is 34.2 Å². The summed E-state index contributed by atoms with van der Waals surface area (Å²) >= 11 is 5.63. The smallest absolute Gasteiger partial charge is 0.411 e. The zero-order valence-corrected chi connectivity index (χ0v) is 21.0. The van der Waals surface area contributed by atoms with Crippen molar-refractivity contribution in [2.75, 3.05) is 44.2 Å². The molecule has 0 aliphatic rings. The van der Waals surface area contributed by atoms with Crippen LogP contribution in [0.4, 0.5) is 29.3 Å². The first-order chi connectivity index (χ1) is 18.3. The summed E-state index contributed by atoms with van der Waals surface area (Å²) in [6.45, 7) is 1.73. The predicted octanol–water partition coefficient (Wildman–Crippen LogP) is 6.11. The van der Waals surface area contributed by atoms with E-state index in [1.165, 1.54) is 6.07 Å². The minimum absolute atomic E-state index is 0.0414. The third-order valence-electron chi connectivity index (χ3n) is 5.45. The molecule has 0 atom stereocenters. The van der Waals surface area contributed by atoms with E-state index in [0.29, 0.717) is 32.1 Å². The maximum atomic E-state index is 13.1. The molecule has 38 heavy (non-hydrogen) atoms. The lowest BCUT2D eigenvalue weighted by Gasteiger charge is -2.12. The Morgan fingerprint density at radius 1 is 1.00 bits per heavy atom. The van der Waals surface area contributed by atoms with Gasteiger partial charge in [0.25, 0.3) is 0 Å². The second-order valence-electron chi connectivity index (χ2n) is 8.05. The molecule has 2 heterocycles. The number of nitrogens with one attached hydrogen (secondary N) is 2. The number of alkyl halides is 3. The number of nitrogens with zero attached hydrogens (tertiary/aromatic N) is 2. The number of carbonyl (C=O) groups excluding carboxylic acids is 1. The molecule has 0 spiro atoms. The molecular weight excluding hydrogens is 525 g/mol. The SMILES string of the molecule is COCCOCCOn1cc(-c2ccc(NC(=O)Nc3ccc(Cl)c(C(F)(F)F)c3)cc2)c2cnccc21. The highest BCUT2D eigenvalue weighted by Gasteiger charge is 2.33. The summed E-state index contributed by atoms with van der Waals surface area (Å²) in [6, 6.07) is 11.3. The Kier molecular flexibility index (Phi) is 8.72. The quantitative estimate of drug-likeness (QED) is 0.233. The van der Waals surface area contributed by atoms with Gasteiger partial charge in [0.1, 0.15) is 6.61 Å². The molecule has 0 saturated heterocycles. The van der Waals surface area contributed by atoms with Gasteiger partial charge in [-0.1, -0.05) is 23.7 Å². The summed E-state index contributed by atoms with van der Waals surface area (Å²) in [4.78, 5) is 22.4. The maximum Gasteiger partial charge on any atom is 0.417 e. The average Bonchev–Trinajstić information content (AvgIpc) is 3.26. The van der Waals surface area contributed by atoms with Gasteiger partial charge in [-0.2, -0.15) is 17.9 Å². The number of rotatable bonds is 10. The zero-order valence-electron chi connectivity index (χ0n) is 20.2. The number of methoxy groups -OCH3 is 1. The van der Waals surface area contributed by atoms with Gasteiger partial charge in [-0.25, -0.2) is 4.79 Å². The second-order valence-corrected chi connectivity index (χ2v) is 8.46. The van der Waals surface area contributed by atoms with Gasteiger partial charge >= 0.3 is 12.2 Å². The molecule has 2 N–H and O–H groups in total. The lowest BCUT2D eigenvalue weighted by Crippen LogP contribution is -2.19. The molecule has 12 heteroatoms. The number of pyridine rings is 1. The van der Waals surface area contributed by atoms with Crippen LogP contribution in [-0.4, -0.2) is 49.3 Å². The lowest BCUT2D eigenvalue weighted by atomic mass is 10.1. The Morgan fingerprint density at radius 2 is 1.71 bits per heavy atom. The molecule has 0 aliphatic carbocycles. The largest absolute Gasteiger partial charge is 0.417 e. The summed E-state index contributed by atoms with van der Waals surface area (Å²) in [6.07, 6.45) is 0.615. The Morgan fingerprint density at radius 3 is 2.45 bits per heavy atom. The average molecular weight is 549 g/mol. The molecule has 0 saturated carbocycles. The topological polar surface area (TPSA) is 86.6 Å². The predicted molar refractivity (Wildman–Crippen MR) is 138 cm³/mol. The van der Waals surface area contributed by atoms with E-state index in [2.05, 4.69) is 15.6 Å². The zero-order chi connectivity index (χ0) is 27.1. The van der Waals surface area contributed by atoms with E-state index < -0.39 is 22.8 Å². The van der Waals surface area contributed by atoms with Gasteiger partial charge in [-0.3, -0.25) is 4.98 Å². The van der Waals surface area contributed by atoms with Crippen molar-refractivity contribution in [2.45, 2.75) is 6.18 Å². The fraction of sp³-hybridized carbons (Fsp3) is 0.231. The Labute approximate surface area is 221 Å². The van der Waals surface area contributed by atoms with Gasteiger partial charge in [0.05, 0.1) is 42.1 Å². The van der Waals surface area contributed by atoms with Gasteiger partial charge in [0.15, 0.2) is 0 Å². The molecule has 4 rings (SSSR count). The van der Waals surface area contributed by atoms with E-state index in [4.69, 9.17) is 25.9 Å². The highest BCUT2D eigenvalue weighted by atomic mass is 35.5. The standard InChI is InChI=1S/C26H24ClF3N4O4/c1-36-10-11-37-12-13-38-34-16-21(20-15-31-9-8-24(20)34)17-2-4-18(5-3-17)32-25(35)33-19-6-7-23(27)22(14-19)26(28,29)30/h2-9,14-16H,10-13H2,1H3,(H2,32,33,35). The number of ether oxygens (including phenoxy) is 2. The molecule has 0 aliphatic heterocycles. The van der Waals surface area contributed by atoms with Crippen molar-refractivity contribution < 1.29 is 32.3 Å². The molecule has 2 aromatic carbocycles. The van der Waals surface area contributed by atoms with E-state index >= 15 is 0 Å². The van der Waals surface area contributed by atoms with Crippen LogP contribution in [0.2, 0.25) is 5.02 Å². The van der Waals surface area contributed by atoms with Crippen LogP contribution in [-0.2, 0) is 15.7 Å². The number of benzene rings is 2. The van der Waals surface area contributed by atoms with E-state index in [-0.39, 0.29) is 5.69 Å². The van der Waals surface area contributed by atoms with Crippen molar-refractivity contribution in [3.63, 3.8) is 0 Å². The van der Waals surface area contributed by atoms with Crippen LogP contribution in [0.15, 0.2) is 67.1 Å². The van der Waals surface area contributed by atoms with Crippen LogP contribution >= 0.6 is 11.6 Å². The number of aromatic nitrogens is 2. The van der Waals surface area contributed by atoms with Crippen molar-refractivity contribution in [1.82, 2.24) is 9.71 Å². The van der Waals surface area contributed by atoms with Gasteiger partial charge < -0.3 is 24.9 Å². The summed E-state index contributed by atoms with van der Waals surface area (Å²) in [5.74, 6) is 0. The minimum Gasteiger partial charge on any atom is -0.411 e.